The fourth-order valence-electron chi connectivity index (χ4n) is 4.52. The van der Waals surface area contributed by atoms with E-state index in [0.29, 0.717) is 5.92 Å². The molecule has 0 saturated heterocycles. The number of aliphatic hydroxyl groups is 1. The fraction of sp³-hybridized carbons (Fsp3) is 0.529. The molecule has 3 aliphatic rings. The molecule has 1 N–H and O–H groups in total. The number of hydrogen-bond donors (Lipinski definition) is 1. The molecule has 0 aromatic heterocycles. The minimum atomic E-state index is -0.233. The first kappa shape index (κ1) is 10.8. The summed E-state index contributed by atoms with van der Waals surface area (Å²) in [6.07, 6.45) is 9.50. The van der Waals surface area contributed by atoms with Crippen LogP contribution in [0.15, 0.2) is 36.4 Å². The van der Waals surface area contributed by atoms with Gasteiger partial charge in [0.2, 0.25) is 0 Å². The van der Waals surface area contributed by atoms with Crippen LogP contribution in [0.2, 0.25) is 0 Å². The van der Waals surface area contributed by atoms with Gasteiger partial charge in [0.05, 0.1) is 6.10 Å². The molecule has 2 bridgehead atoms. The van der Waals surface area contributed by atoms with Crippen molar-refractivity contribution >= 4 is 0 Å². The topological polar surface area (TPSA) is 20.2 Å². The molecule has 4 rings (SSSR count). The first-order chi connectivity index (χ1) is 8.81. The highest BCUT2D eigenvalue weighted by molar-refractivity contribution is 5.32. The van der Waals surface area contributed by atoms with Gasteiger partial charge in [-0.25, -0.2) is 0 Å². The monoisotopic (exact) mass is 240 g/mol. The zero-order valence-electron chi connectivity index (χ0n) is 10.6. The Hall–Kier alpha value is -1.08. The second-order valence-electron chi connectivity index (χ2n) is 6.36. The van der Waals surface area contributed by atoms with Crippen LogP contribution in [0, 0.1) is 23.7 Å². The Morgan fingerprint density at radius 1 is 1.00 bits per heavy atom. The van der Waals surface area contributed by atoms with E-state index in [1.54, 1.807) is 0 Å². The van der Waals surface area contributed by atoms with Crippen molar-refractivity contribution in [2.45, 2.75) is 31.8 Å². The van der Waals surface area contributed by atoms with Crippen LogP contribution >= 0.6 is 0 Å². The van der Waals surface area contributed by atoms with Crippen molar-refractivity contribution in [1.29, 1.82) is 0 Å². The van der Waals surface area contributed by atoms with Gasteiger partial charge in [-0.05, 0) is 60.5 Å². The van der Waals surface area contributed by atoms with Crippen LogP contribution in [0.25, 0.3) is 0 Å². The quantitative estimate of drug-likeness (QED) is 0.745. The molecule has 1 heteroatoms. The molecule has 3 aliphatic carbocycles. The molecule has 0 amide bonds. The van der Waals surface area contributed by atoms with Crippen molar-refractivity contribution in [2.24, 2.45) is 23.7 Å². The Bertz CT molecular complexity index is 490. The highest BCUT2D eigenvalue weighted by Crippen LogP contribution is 2.50. The Kier molecular flexibility index (Phi) is 2.38. The molecule has 0 spiro atoms. The predicted octanol–water partition coefficient (Wildman–Crippen LogP) is 3.49. The maximum atomic E-state index is 10.3. The molecule has 94 valence electrons. The first-order valence-electron chi connectivity index (χ1n) is 7.25. The van der Waals surface area contributed by atoms with Crippen LogP contribution in [-0.2, 0) is 6.42 Å². The summed E-state index contributed by atoms with van der Waals surface area (Å²) < 4.78 is 0. The molecule has 0 heterocycles. The summed E-state index contributed by atoms with van der Waals surface area (Å²) in [5.41, 5.74) is 2.56. The van der Waals surface area contributed by atoms with Crippen LogP contribution in [0.5, 0.6) is 0 Å². The maximum absolute atomic E-state index is 10.3. The van der Waals surface area contributed by atoms with Crippen molar-refractivity contribution < 1.29 is 5.11 Å². The zero-order chi connectivity index (χ0) is 12.1. The number of allylic oxidation sites excluding steroid dienone is 2. The van der Waals surface area contributed by atoms with Gasteiger partial charge >= 0.3 is 0 Å². The van der Waals surface area contributed by atoms with Crippen LogP contribution in [0.3, 0.4) is 0 Å². The molecule has 0 aliphatic heterocycles. The van der Waals surface area contributed by atoms with Gasteiger partial charge in [-0.2, -0.15) is 0 Å². The second-order valence-corrected chi connectivity index (χ2v) is 6.36. The lowest BCUT2D eigenvalue weighted by atomic mass is 9.71. The molecule has 1 aromatic rings. The Morgan fingerprint density at radius 2 is 1.89 bits per heavy atom. The van der Waals surface area contributed by atoms with E-state index in [1.807, 2.05) is 6.07 Å². The number of fused-ring (bicyclic) bond motifs is 3. The Morgan fingerprint density at radius 3 is 2.67 bits per heavy atom. The molecule has 1 aromatic carbocycles. The fourth-order valence-corrected chi connectivity index (χ4v) is 4.52. The summed E-state index contributed by atoms with van der Waals surface area (Å²) in [5, 5.41) is 10.3. The van der Waals surface area contributed by atoms with Gasteiger partial charge in [0.1, 0.15) is 0 Å². The summed E-state index contributed by atoms with van der Waals surface area (Å²) in [7, 11) is 0. The van der Waals surface area contributed by atoms with Gasteiger partial charge in [0, 0.05) is 0 Å². The summed E-state index contributed by atoms with van der Waals surface area (Å²) >= 11 is 0. The van der Waals surface area contributed by atoms with E-state index in [4.69, 9.17) is 0 Å². The third kappa shape index (κ3) is 1.57. The lowest BCUT2D eigenvalue weighted by Crippen LogP contribution is -2.27. The number of rotatable bonds is 1. The van der Waals surface area contributed by atoms with E-state index < -0.39 is 0 Å². The average Bonchev–Trinajstić information content (AvgIpc) is 3.01. The standard InChI is InChI=1S/C17H20O/c18-17-10-14(9-12-3-1-2-4-15(12)17)16-8-11-5-6-13(16)7-11/h1-6,11,13-14,16-18H,7-10H2. The van der Waals surface area contributed by atoms with E-state index in [2.05, 4.69) is 30.4 Å². The lowest BCUT2D eigenvalue weighted by molar-refractivity contribution is 0.104. The SMILES string of the molecule is OC1CC(C2CC3C=CC2C3)Cc2ccccc21. The molecular weight excluding hydrogens is 220 g/mol. The Labute approximate surface area is 109 Å². The van der Waals surface area contributed by atoms with E-state index >= 15 is 0 Å². The van der Waals surface area contributed by atoms with E-state index in [1.165, 1.54) is 30.4 Å². The zero-order valence-corrected chi connectivity index (χ0v) is 10.6. The summed E-state index contributed by atoms with van der Waals surface area (Å²) in [4.78, 5) is 0. The van der Waals surface area contributed by atoms with Gasteiger partial charge in [-0.1, -0.05) is 36.4 Å². The Balaban J connectivity index is 1.61. The third-order valence-corrected chi connectivity index (χ3v) is 5.36. The largest absolute Gasteiger partial charge is 0.388 e. The smallest absolute Gasteiger partial charge is 0.0795 e. The lowest BCUT2D eigenvalue weighted by Gasteiger charge is -2.35. The second kappa shape index (κ2) is 3.96. The van der Waals surface area contributed by atoms with Crippen LogP contribution < -0.4 is 0 Å². The van der Waals surface area contributed by atoms with Gasteiger partial charge in [-0.15, -0.1) is 0 Å². The minimum Gasteiger partial charge on any atom is -0.388 e. The molecule has 5 atom stereocenters. The summed E-state index contributed by atoms with van der Waals surface area (Å²) in [6.45, 7) is 0. The van der Waals surface area contributed by atoms with Gasteiger partial charge in [-0.3, -0.25) is 0 Å². The van der Waals surface area contributed by atoms with E-state index in [9.17, 15) is 5.11 Å². The summed E-state index contributed by atoms with van der Waals surface area (Å²) in [5.74, 6) is 3.16. The maximum Gasteiger partial charge on any atom is 0.0795 e. The minimum absolute atomic E-state index is 0.233. The molecule has 18 heavy (non-hydrogen) atoms. The van der Waals surface area contributed by atoms with Crippen LogP contribution in [0.4, 0.5) is 0 Å². The van der Waals surface area contributed by atoms with E-state index in [-0.39, 0.29) is 6.10 Å². The molecule has 1 saturated carbocycles. The molecule has 5 unspecified atom stereocenters. The van der Waals surface area contributed by atoms with E-state index in [0.717, 1.165) is 24.2 Å². The first-order valence-corrected chi connectivity index (χ1v) is 7.25. The number of aliphatic hydroxyl groups excluding tert-OH is 1. The molecular formula is C17H20O. The average molecular weight is 240 g/mol. The van der Waals surface area contributed by atoms with Crippen molar-refractivity contribution in [2.75, 3.05) is 0 Å². The normalized spacial score (nSPS) is 41.1. The van der Waals surface area contributed by atoms with Gasteiger partial charge in [0.25, 0.3) is 0 Å². The third-order valence-electron chi connectivity index (χ3n) is 5.36. The van der Waals surface area contributed by atoms with Crippen molar-refractivity contribution in [1.82, 2.24) is 0 Å². The summed E-state index contributed by atoms with van der Waals surface area (Å²) in [6, 6.07) is 8.45. The highest BCUT2D eigenvalue weighted by Gasteiger charge is 2.41. The van der Waals surface area contributed by atoms with Crippen molar-refractivity contribution in [3.05, 3.63) is 47.5 Å². The van der Waals surface area contributed by atoms with Crippen molar-refractivity contribution in [3.8, 4) is 0 Å². The molecule has 1 fully saturated rings. The van der Waals surface area contributed by atoms with Crippen LogP contribution in [-0.4, -0.2) is 5.11 Å². The highest BCUT2D eigenvalue weighted by atomic mass is 16.3. The molecule has 1 nitrogen and oxygen atoms in total. The number of benzene rings is 1. The number of hydrogen-bond acceptors (Lipinski definition) is 1. The van der Waals surface area contributed by atoms with Crippen molar-refractivity contribution in [3.63, 3.8) is 0 Å². The van der Waals surface area contributed by atoms with Crippen LogP contribution in [0.1, 0.15) is 36.5 Å². The predicted molar refractivity (Wildman–Crippen MR) is 72.1 cm³/mol. The van der Waals surface area contributed by atoms with Gasteiger partial charge < -0.3 is 5.11 Å². The molecule has 0 radical (unpaired) electrons. The van der Waals surface area contributed by atoms with Gasteiger partial charge in [0.15, 0.2) is 0 Å².